The zero-order valence-corrected chi connectivity index (χ0v) is 20.7. The molecule has 7 nitrogen and oxygen atoms in total. The zero-order chi connectivity index (χ0) is 25.4. The fraction of sp³-hybridized carbons (Fsp3) is 0.167. The summed E-state index contributed by atoms with van der Waals surface area (Å²) in [6.45, 7) is 4.86. The van der Waals surface area contributed by atoms with Gasteiger partial charge in [-0.25, -0.2) is 15.0 Å². The Bertz CT molecular complexity index is 1820. The minimum Gasteiger partial charge on any atom is -0.298 e. The van der Waals surface area contributed by atoms with Gasteiger partial charge in [-0.2, -0.15) is 9.78 Å². The standard InChI is InChI=1S/C30H26N6O/c1-20(2)23-14-12-22(13-15-23)18-32-36-28-26(27-29(36)34-25-11-7-6-10-24(25)33-27)30(37)35(19-31-28)17-16-21-8-4-3-5-9-21/h3-15,18-20H,16-17H2,1-2H3/b32-18+. The number of aryl methyl sites for hydroxylation is 2. The Balaban J connectivity index is 1.49. The minimum atomic E-state index is -0.147. The first-order valence-electron chi connectivity index (χ1n) is 12.4. The highest BCUT2D eigenvalue weighted by Gasteiger charge is 2.19. The lowest BCUT2D eigenvalue weighted by Crippen LogP contribution is -2.21. The third kappa shape index (κ3) is 4.29. The first-order valence-corrected chi connectivity index (χ1v) is 12.4. The molecule has 0 aliphatic rings. The van der Waals surface area contributed by atoms with Gasteiger partial charge in [0.05, 0.1) is 23.6 Å². The molecule has 0 bridgehead atoms. The van der Waals surface area contributed by atoms with Crippen LogP contribution in [0, 0.1) is 0 Å². The van der Waals surface area contributed by atoms with E-state index in [1.165, 1.54) is 5.56 Å². The van der Waals surface area contributed by atoms with Crippen molar-refractivity contribution in [3.05, 3.63) is 112 Å². The summed E-state index contributed by atoms with van der Waals surface area (Å²) >= 11 is 0. The van der Waals surface area contributed by atoms with Crippen molar-refractivity contribution in [3.8, 4) is 0 Å². The average Bonchev–Trinajstić information content (AvgIpc) is 3.24. The third-order valence-corrected chi connectivity index (χ3v) is 6.62. The van der Waals surface area contributed by atoms with Gasteiger partial charge in [0.1, 0.15) is 10.9 Å². The smallest absolute Gasteiger partial charge is 0.265 e. The Morgan fingerprint density at radius 1 is 0.865 bits per heavy atom. The summed E-state index contributed by atoms with van der Waals surface area (Å²) in [5.74, 6) is 0.458. The number of benzene rings is 3. The van der Waals surface area contributed by atoms with E-state index < -0.39 is 0 Å². The van der Waals surface area contributed by atoms with Crippen LogP contribution < -0.4 is 5.56 Å². The number of fused-ring (bicyclic) bond motifs is 4. The third-order valence-electron chi connectivity index (χ3n) is 6.62. The van der Waals surface area contributed by atoms with Crippen LogP contribution in [0.15, 0.2) is 95.1 Å². The monoisotopic (exact) mass is 486 g/mol. The maximum absolute atomic E-state index is 13.7. The minimum absolute atomic E-state index is 0.147. The van der Waals surface area contributed by atoms with Crippen LogP contribution in [0.2, 0.25) is 0 Å². The maximum Gasteiger partial charge on any atom is 0.265 e. The van der Waals surface area contributed by atoms with Gasteiger partial charge in [0.15, 0.2) is 11.3 Å². The highest BCUT2D eigenvalue weighted by Crippen LogP contribution is 2.25. The van der Waals surface area contributed by atoms with E-state index in [1.54, 1.807) is 21.8 Å². The molecule has 3 aromatic carbocycles. The Hall–Kier alpha value is -4.65. The molecule has 0 radical (unpaired) electrons. The van der Waals surface area contributed by atoms with Gasteiger partial charge in [-0.05, 0) is 41.2 Å². The van der Waals surface area contributed by atoms with Gasteiger partial charge in [0.25, 0.3) is 5.56 Å². The van der Waals surface area contributed by atoms with Gasteiger partial charge < -0.3 is 0 Å². The van der Waals surface area contributed by atoms with Crippen LogP contribution in [0.25, 0.3) is 33.2 Å². The van der Waals surface area contributed by atoms with Gasteiger partial charge in [-0.3, -0.25) is 9.36 Å². The molecule has 6 rings (SSSR count). The molecule has 0 atom stereocenters. The van der Waals surface area contributed by atoms with E-state index in [-0.39, 0.29) is 5.56 Å². The quantitative estimate of drug-likeness (QED) is 0.290. The summed E-state index contributed by atoms with van der Waals surface area (Å²) in [6.07, 6.45) is 4.09. The van der Waals surface area contributed by atoms with Crippen molar-refractivity contribution < 1.29 is 0 Å². The number of nitrogens with zero attached hydrogens (tertiary/aromatic N) is 6. The second-order valence-electron chi connectivity index (χ2n) is 9.44. The highest BCUT2D eigenvalue weighted by atomic mass is 16.1. The van der Waals surface area contributed by atoms with E-state index in [4.69, 9.17) is 15.1 Å². The van der Waals surface area contributed by atoms with E-state index in [2.05, 4.69) is 43.1 Å². The Morgan fingerprint density at radius 3 is 2.30 bits per heavy atom. The summed E-state index contributed by atoms with van der Waals surface area (Å²) in [7, 11) is 0. The number of para-hydroxylation sites is 2. The van der Waals surface area contributed by atoms with Gasteiger partial charge in [-0.15, -0.1) is 0 Å². The summed E-state index contributed by atoms with van der Waals surface area (Å²) in [5.41, 5.74) is 6.15. The van der Waals surface area contributed by atoms with Crippen LogP contribution in [-0.2, 0) is 13.0 Å². The molecule has 3 aromatic heterocycles. The molecular formula is C30H26N6O. The molecule has 0 amide bonds. The van der Waals surface area contributed by atoms with Crippen molar-refractivity contribution in [2.45, 2.75) is 32.7 Å². The average molecular weight is 487 g/mol. The lowest BCUT2D eigenvalue weighted by atomic mass is 10.0. The van der Waals surface area contributed by atoms with Crippen LogP contribution >= 0.6 is 0 Å². The van der Waals surface area contributed by atoms with E-state index in [0.717, 1.165) is 28.6 Å². The predicted molar refractivity (Wildman–Crippen MR) is 148 cm³/mol. The first-order chi connectivity index (χ1) is 18.1. The van der Waals surface area contributed by atoms with Crippen molar-refractivity contribution in [2.24, 2.45) is 5.10 Å². The molecule has 0 aliphatic carbocycles. The molecule has 182 valence electrons. The van der Waals surface area contributed by atoms with Crippen molar-refractivity contribution in [2.75, 3.05) is 0 Å². The fourth-order valence-corrected chi connectivity index (χ4v) is 4.51. The molecule has 3 heterocycles. The van der Waals surface area contributed by atoms with Crippen LogP contribution in [0.4, 0.5) is 0 Å². The molecule has 7 heteroatoms. The molecule has 0 fully saturated rings. The number of aromatic nitrogens is 5. The Kier molecular flexibility index (Phi) is 5.81. The summed E-state index contributed by atoms with van der Waals surface area (Å²) < 4.78 is 3.27. The van der Waals surface area contributed by atoms with Gasteiger partial charge in [0.2, 0.25) is 0 Å². The Morgan fingerprint density at radius 2 is 1.57 bits per heavy atom. The van der Waals surface area contributed by atoms with Crippen molar-refractivity contribution >= 4 is 39.4 Å². The van der Waals surface area contributed by atoms with E-state index in [0.29, 0.717) is 34.7 Å². The SMILES string of the molecule is CC(C)c1ccc(/C=N/n2c3nc4ccccc4nc3c3c(=O)n(CCc4ccccc4)cnc32)cc1. The summed E-state index contributed by atoms with van der Waals surface area (Å²) in [6, 6.07) is 26.0. The zero-order valence-electron chi connectivity index (χ0n) is 20.7. The lowest BCUT2D eigenvalue weighted by molar-refractivity contribution is 0.661. The van der Waals surface area contributed by atoms with E-state index in [9.17, 15) is 4.79 Å². The lowest BCUT2D eigenvalue weighted by Gasteiger charge is -2.06. The summed E-state index contributed by atoms with van der Waals surface area (Å²) in [4.78, 5) is 28.0. The fourth-order valence-electron chi connectivity index (χ4n) is 4.51. The largest absolute Gasteiger partial charge is 0.298 e. The van der Waals surface area contributed by atoms with Gasteiger partial charge in [-0.1, -0.05) is 80.6 Å². The van der Waals surface area contributed by atoms with Crippen molar-refractivity contribution in [3.63, 3.8) is 0 Å². The van der Waals surface area contributed by atoms with Crippen LogP contribution in [0.5, 0.6) is 0 Å². The topological polar surface area (TPSA) is 78.0 Å². The summed E-state index contributed by atoms with van der Waals surface area (Å²) in [5, 5.41) is 5.14. The number of hydrogen-bond acceptors (Lipinski definition) is 5. The molecular weight excluding hydrogens is 460 g/mol. The normalized spacial score (nSPS) is 12.0. The molecule has 0 spiro atoms. The maximum atomic E-state index is 13.7. The molecule has 0 unspecified atom stereocenters. The Labute approximate surface area is 213 Å². The molecule has 6 aromatic rings. The molecule has 0 aliphatic heterocycles. The van der Waals surface area contributed by atoms with Crippen LogP contribution in [-0.4, -0.2) is 30.4 Å². The predicted octanol–water partition coefficient (Wildman–Crippen LogP) is 5.54. The highest BCUT2D eigenvalue weighted by molar-refractivity contribution is 6.04. The van der Waals surface area contributed by atoms with E-state index in [1.807, 2.05) is 54.6 Å². The van der Waals surface area contributed by atoms with Crippen LogP contribution in [0.3, 0.4) is 0 Å². The van der Waals surface area contributed by atoms with Gasteiger partial charge in [0, 0.05) is 6.54 Å². The molecule has 0 saturated heterocycles. The molecule has 0 N–H and O–H groups in total. The molecule has 0 saturated carbocycles. The van der Waals surface area contributed by atoms with Crippen molar-refractivity contribution in [1.29, 1.82) is 0 Å². The van der Waals surface area contributed by atoms with Crippen molar-refractivity contribution in [1.82, 2.24) is 24.2 Å². The number of hydrogen-bond donors (Lipinski definition) is 0. The second kappa shape index (κ2) is 9.43. The second-order valence-corrected chi connectivity index (χ2v) is 9.44. The van der Waals surface area contributed by atoms with E-state index >= 15 is 0 Å². The first kappa shape index (κ1) is 22.8. The molecule has 37 heavy (non-hydrogen) atoms. The van der Waals surface area contributed by atoms with Crippen LogP contribution in [0.1, 0.15) is 36.5 Å². The number of rotatable bonds is 6. The van der Waals surface area contributed by atoms with Gasteiger partial charge >= 0.3 is 0 Å².